The second-order valence-corrected chi connectivity index (χ2v) is 4.72. The first-order chi connectivity index (χ1) is 9.00. The van der Waals surface area contributed by atoms with Crippen LogP contribution in [0, 0.1) is 20.2 Å². The van der Waals surface area contributed by atoms with Crippen LogP contribution in [0.2, 0.25) is 0 Å². The third-order valence-electron chi connectivity index (χ3n) is 2.68. The first-order valence-electron chi connectivity index (χ1n) is 5.21. The Morgan fingerprint density at radius 2 is 1.47 bits per heavy atom. The molecule has 0 saturated carbocycles. The van der Waals surface area contributed by atoms with Crippen molar-refractivity contribution in [3.8, 4) is 0 Å². The summed E-state index contributed by atoms with van der Waals surface area (Å²) in [5.74, 6) is -0.987. The lowest BCUT2D eigenvalue weighted by molar-refractivity contribution is -0.455. The molecular formula is C11H8BrN3O4. The predicted molar refractivity (Wildman–Crippen MR) is 70.2 cm³/mol. The third kappa shape index (κ3) is 2.63. The fraction of sp³-hybridized carbons (Fsp3) is 0.0909. The summed E-state index contributed by atoms with van der Waals surface area (Å²) < 4.78 is 0.795. The van der Waals surface area contributed by atoms with Gasteiger partial charge in [-0.05, 0) is 17.7 Å². The molecule has 2 rings (SSSR count). The molecule has 19 heavy (non-hydrogen) atoms. The smallest absolute Gasteiger partial charge is 0.280 e. The van der Waals surface area contributed by atoms with Crippen LogP contribution in [0.3, 0.4) is 0 Å². The van der Waals surface area contributed by atoms with Gasteiger partial charge in [-0.25, -0.2) is 0 Å². The molecular weight excluding hydrogens is 318 g/mol. The number of nitrogens with zero attached hydrogens (tertiary/aromatic N) is 2. The van der Waals surface area contributed by atoms with Gasteiger partial charge in [-0.1, -0.05) is 28.1 Å². The maximum atomic E-state index is 11.0. The molecule has 0 fully saturated rings. The Balaban J connectivity index is 2.50. The number of dihydropyridines is 1. The van der Waals surface area contributed by atoms with E-state index in [-0.39, 0.29) is 11.4 Å². The van der Waals surface area contributed by atoms with Crippen molar-refractivity contribution in [2.75, 3.05) is 0 Å². The minimum Gasteiger partial charge on any atom is -0.357 e. The van der Waals surface area contributed by atoms with E-state index in [1.807, 2.05) is 0 Å². The van der Waals surface area contributed by atoms with E-state index in [9.17, 15) is 20.2 Å². The van der Waals surface area contributed by atoms with Gasteiger partial charge < -0.3 is 5.32 Å². The van der Waals surface area contributed by atoms with Crippen molar-refractivity contribution in [2.45, 2.75) is 5.92 Å². The average molecular weight is 326 g/mol. The van der Waals surface area contributed by atoms with E-state index in [1.54, 1.807) is 24.3 Å². The van der Waals surface area contributed by atoms with Crippen LogP contribution in [0.5, 0.6) is 0 Å². The Kier molecular flexibility index (Phi) is 3.61. The standard InChI is InChI=1S/C11H8BrN3O4/c12-8-3-1-7(2-4-8)11-9(14(16)17)5-13-6-10(11)15(18)19/h1-6,11,13H. The Morgan fingerprint density at radius 1 is 1.00 bits per heavy atom. The quantitative estimate of drug-likeness (QED) is 0.679. The SMILES string of the molecule is O=[N+]([O-])C1=CNC=C([N+](=O)[O-])C1c1ccc(Br)cc1. The molecule has 1 aromatic rings. The van der Waals surface area contributed by atoms with Crippen LogP contribution >= 0.6 is 15.9 Å². The van der Waals surface area contributed by atoms with Crippen molar-refractivity contribution in [1.82, 2.24) is 5.32 Å². The van der Waals surface area contributed by atoms with Gasteiger partial charge in [0.2, 0.25) is 0 Å². The van der Waals surface area contributed by atoms with Crippen molar-refractivity contribution in [3.63, 3.8) is 0 Å². The Bertz CT molecular complexity index is 564. The Hall–Kier alpha value is -2.22. The van der Waals surface area contributed by atoms with E-state index in [0.29, 0.717) is 5.56 Å². The van der Waals surface area contributed by atoms with E-state index < -0.39 is 15.8 Å². The summed E-state index contributed by atoms with van der Waals surface area (Å²) in [6.07, 6.45) is 2.33. The zero-order valence-electron chi connectivity index (χ0n) is 9.45. The van der Waals surface area contributed by atoms with Gasteiger partial charge in [0.1, 0.15) is 0 Å². The lowest BCUT2D eigenvalue weighted by Gasteiger charge is -2.15. The maximum Gasteiger partial charge on any atom is 0.280 e. The molecule has 98 valence electrons. The molecule has 0 atom stereocenters. The normalized spacial score (nSPS) is 15.2. The van der Waals surface area contributed by atoms with Gasteiger partial charge >= 0.3 is 0 Å². The van der Waals surface area contributed by atoms with Crippen LogP contribution in [0.15, 0.2) is 52.5 Å². The van der Waals surface area contributed by atoms with Gasteiger partial charge in [0, 0.05) is 4.47 Å². The molecule has 0 unspecified atom stereocenters. The summed E-state index contributed by atoms with van der Waals surface area (Å²) in [6, 6.07) is 6.61. The molecule has 1 aromatic carbocycles. The molecule has 1 N–H and O–H groups in total. The number of nitro groups is 2. The molecule has 0 saturated heterocycles. The van der Waals surface area contributed by atoms with E-state index in [1.165, 1.54) is 12.4 Å². The molecule has 1 aliphatic rings. The average Bonchev–Trinajstić information content (AvgIpc) is 2.38. The largest absolute Gasteiger partial charge is 0.357 e. The highest BCUT2D eigenvalue weighted by Crippen LogP contribution is 2.34. The van der Waals surface area contributed by atoms with Gasteiger partial charge in [0.15, 0.2) is 5.92 Å². The fourth-order valence-electron chi connectivity index (χ4n) is 1.84. The zero-order chi connectivity index (χ0) is 14.0. The minimum atomic E-state index is -0.987. The van der Waals surface area contributed by atoms with Crippen LogP contribution in [0.1, 0.15) is 11.5 Å². The summed E-state index contributed by atoms with van der Waals surface area (Å²) >= 11 is 3.25. The number of rotatable bonds is 3. The maximum absolute atomic E-state index is 11.0. The predicted octanol–water partition coefficient (Wildman–Crippen LogP) is 2.37. The molecule has 0 radical (unpaired) electrons. The number of nitrogens with one attached hydrogen (secondary N) is 1. The number of hydrogen-bond donors (Lipinski definition) is 1. The first kappa shape index (κ1) is 13.2. The summed E-state index contributed by atoms with van der Waals surface area (Å²) in [4.78, 5) is 20.8. The minimum absolute atomic E-state index is 0.253. The first-order valence-corrected chi connectivity index (χ1v) is 6.00. The van der Waals surface area contributed by atoms with Gasteiger partial charge in [-0.3, -0.25) is 20.2 Å². The van der Waals surface area contributed by atoms with E-state index in [2.05, 4.69) is 21.2 Å². The summed E-state index contributed by atoms with van der Waals surface area (Å²) in [5, 5.41) is 24.5. The van der Waals surface area contributed by atoms with Crippen LogP contribution in [0.4, 0.5) is 0 Å². The van der Waals surface area contributed by atoms with Crippen LogP contribution < -0.4 is 5.32 Å². The lowest BCUT2D eigenvalue weighted by Crippen LogP contribution is -2.24. The highest BCUT2D eigenvalue weighted by molar-refractivity contribution is 9.10. The fourth-order valence-corrected chi connectivity index (χ4v) is 2.11. The van der Waals surface area contributed by atoms with Crippen LogP contribution in [-0.2, 0) is 0 Å². The van der Waals surface area contributed by atoms with Crippen molar-refractivity contribution in [1.29, 1.82) is 0 Å². The van der Waals surface area contributed by atoms with Crippen LogP contribution in [0.25, 0.3) is 0 Å². The molecule has 0 aliphatic carbocycles. The topological polar surface area (TPSA) is 98.3 Å². The lowest BCUT2D eigenvalue weighted by atomic mass is 9.92. The second-order valence-electron chi connectivity index (χ2n) is 3.80. The highest BCUT2D eigenvalue weighted by atomic mass is 79.9. The highest BCUT2D eigenvalue weighted by Gasteiger charge is 2.39. The number of hydrogen-bond acceptors (Lipinski definition) is 5. The van der Waals surface area contributed by atoms with Gasteiger partial charge in [0.25, 0.3) is 11.4 Å². The van der Waals surface area contributed by atoms with Crippen LogP contribution in [-0.4, -0.2) is 9.85 Å². The molecule has 1 aliphatic heterocycles. The molecule has 8 heteroatoms. The molecule has 0 bridgehead atoms. The summed E-state index contributed by atoms with van der Waals surface area (Å²) in [5.41, 5.74) is -0.0105. The number of halogens is 1. The third-order valence-corrected chi connectivity index (χ3v) is 3.21. The second kappa shape index (κ2) is 5.19. The molecule has 7 nitrogen and oxygen atoms in total. The van der Waals surface area contributed by atoms with Crippen molar-refractivity contribution in [2.24, 2.45) is 0 Å². The van der Waals surface area contributed by atoms with E-state index in [4.69, 9.17) is 0 Å². The molecule has 0 amide bonds. The van der Waals surface area contributed by atoms with Gasteiger partial charge in [-0.2, -0.15) is 0 Å². The summed E-state index contributed by atoms with van der Waals surface area (Å²) in [6.45, 7) is 0. The van der Waals surface area contributed by atoms with Crippen molar-refractivity contribution in [3.05, 3.63) is 78.3 Å². The molecule has 1 heterocycles. The summed E-state index contributed by atoms with van der Waals surface area (Å²) in [7, 11) is 0. The van der Waals surface area contributed by atoms with E-state index >= 15 is 0 Å². The Labute approximate surface area is 116 Å². The monoisotopic (exact) mass is 325 g/mol. The van der Waals surface area contributed by atoms with Crippen molar-refractivity contribution < 1.29 is 9.85 Å². The molecule has 0 spiro atoms. The molecule has 0 aromatic heterocycles. The van der Waals surface area contributed by atoms with Gasteiger partial charge in [0.05, 0.1) is 22.2 Å². The van der Waals surface area contributed by atoms with Gasteiger partial charge in [-0.15, -0.1) is 0 Å². The van der Waals surface area contributed by atoms with E-state index in [0.717, 1.165) is 4.47 Å². The zero-order valence-corrected chi connectivity index (χ0v) is 11.0. The van der Waals surface area contributed by atoms with Crippen molar-refractivity contribution >= 4 is 15.9 Å². The number of benzene rings is 1. The Morgan fingerprint density at radius 3 is 1.89 bits per heavy atom.